The Labute approximate surface area is 95.8 Å². The number of carbonyl (C=O) groups excluding carboxylic acids is 1. The van der Waals surface area contributed by atoms with Crippen molar-refractivity contribution in [2.75, 3.05) is 26.7 Å². The van der Waals surface area contributed by atoms with Crippen molar-refractivity contribution in [3.63, 3.8) is 0 Å². The van der Waals surface area contributed by atoms with Crippen molar-refractivity contribution in [3.05, 3.63) is 0 Å². The van der Waals surface area contributed by atoms with E-state index in [2.05, 4.69) is 5.32 Å². The van der Waals surface area contributed by atoms with Gasteiger partial charge in [-0.3, -0.25) is 9.59 Å². The molecule has 5 heteroatoms. The highest BCUT2D eigenvalue weighted by Gasteiger charge is 2.41. The molecule has 0 aromatic rings. The SMILES string of the molecule is CNCCCC(=O)N1CCC(C)(C(=O)O)C1. The zero-order valence-electron chi connectivity index (χ0n) is 9.95. The Morgan fingerprint density at radius 3 is 2.69 bits per heavy atom. The number of carboxylic acid groups (broad SMARTS) is 1. The van der Waals surface area contributed by atoms with Gasteiger partial charge >= 0.3 is 5.97 Å². The normalized spacial score (nSPS) is 24.8. The molecule has 2 N–H and O–H groups in total. The van der Waals surface area contributed by atoms with Crippen LogP contribution < -0.4 is 5.32 Å². The van der Waals surface area contributed by atoms with Crippen molar-refractivity contribution in [1.29, 1.82) is 0 Å². The second-order valence-corrected chi connectivity index (χ2v) is 4.64. The number of nitrogens with one attached hydrogen (secondary N) is 1. The molecular weight excluding hydrogens is 208 g/mol. The van der Waals surface area contributed by atoms with E-state index in [-0.39, 0.29) is 5.91 Å². The summed E-state index contributed by atoms with van der Waals surface area (Å²) in [5.41, 5.74) is -0.751. The van der Waals surface area contributed by atoms with Crippen LogP contribution >= 0.6 is 0 Å². The van der Waals surface area contributed by atoms with Crippen LogP contribution in [-0.4, -0.2) is 48.6 Å². The Kier molecular flexibility index (Phi) is 4.29. The Balaban J connectivity index is 2.41. The molecule has 16 heavy (non-hydrogen) atoms. The number of aliphatic carboxylic acids is 1. The van der Waals surface area contributed by atoms with Crippen molar-refractivity contribution in [2.24, 2.45) is 5.41 Å². The Hall–Kier alpha value is -1.10. The Bertz CT molecular complexity index is 280. The van der Waals surface area contributed by atoms with E-state index in [1.54, 1.807) is 11.8 Å². The van der Waals surface area contributed by atoms with Gasteiger partial charge in [0.25, 0.3) is 0 Å². The molecule has 0 aromatic heterocycles. The summed E-state index contributed by atoms with van der Waals surface area (Å²) < 4.78 is 0. The highest BCUT2D eigenvalue weighted by atomic mass is 16.4. The van der Waals surface area contributed by atoms with Crippen LogP contribution in [0.25, 0.3) is 0 Å². The fraction of sp³-hybridized carbons (Fsp3) is 0.818. The van der Waals surface area contributed by atoms with E-state index >= 15 is 0 Å². The number of carbonyl (C=O) groups is 2. The average molecular weight is 228 g/mol. The highest BCUT2D eigenvalue weighted by molar-refractivity contribution is 5.80. The fourth-order valence-electron chi connectivity index (χ4n) is 1.92. The molecule has 0 bridgehead atoms. The van der Waals surface area contributed by atoms with Crippen LogP contribution in [0, 0.1) is 5.41 Å². The minimum Gasteiger partial charge on any atom is -0.481 e. The van der Waals surface area contributed by atoms with Crippen molar-refractivity contribution in [2.45, 2.75) is 26.2 Å². The van der Waals surface area contributed by atoms with Gasteiger partial charge in [-0.15, -0.1) is 0 Å². The molecule has 1 amide bonds. The molecule has 1 heterocycles. The van der Waals surface area contributed by atoms with Crippen LogP contribution in [0.15, 0.2) is 0 Å². The second-order valence-electron chi connectivity index (χ2n) is 4.64. The number of hydrogen-bond donors (Lipinski definition) is 2. The highest BCUT2D eigenvalue weighted by Crippen LogP contribution is 2.30. The maximum atomic E-state index is 11.7. The number of amides is 1. The van der Waals surface area contributed by atoms with Gasteiger partial charge in [-0.25, -0.2) is 0 Å². The first-order valence-electron chi connectivity index (χ1n) is 5.65. The summed E-state index contributed by atoms with van der Waals surface area (Å²) in [7, 11) is 1.85. The lowest BCUT2D eigenvalue weighted by Crippen LogP contribution is -2.35. The molecule has 5 nitrogen and oxygen atoms in total. The quantitative estimate of drug-likeness (QED) is 0.664. The summed E-state index contributed by atoms with van der Waals surface area (Å²) in [5.74, 6) is -0.738. The maximum Gasteiger partial charge on any atom is 0.311 e. The molecule has 1 rings (SSSR count). The number of rotatable bonds is 5. The topological polar surface area (TPSA) is 69.6 Å². The summed E-state index contributed by atoms with van der Waals surface area (Å²) in [5, 5.41) is 12.0. The minimum atomic E-state index is -0.807. The zero-order valence-corrected chi connectivity index (χ0v) is 9.95. The van der Waals surface area contributed by atoms with Gasteiger partial charge in [0.1, 0.15) is 0 Å². The zero-order chi connectivity index (χ0) is 12.2. The summed E-state index contributed by atoms with van der Waals surface area (Å²) in [6, 6.07) is 0. The molecular formula is C11H20N2O3. The first-order valence-corrected chi connectivity index (χ1v) is 5.65. The van der Waals surface area contributed by atoms with Gasteiger partial charge in [-0.2, -0.15) is 0 Å². The van der Waals surface area contributed by atoms with Crippen molar-refractivity contribution < 1.29 is 14.7 Å². The standard InChI is InChI=1S/C11H20N2O3/c1-11(10(15)16)5-7-13(8-11)9(14)4-3-6-12-2/h12H,3-8H2,1-2H3,(H,15,16). The molecule has 0 spiro atoms. The lowest BCUT2D eigenvalue weighted by molar-refractivity contribution is -0.147. The van der Waals surface area contributed by atoms with Crippen LogP contribution in [0.5, 0.6) is 0 Å². The molecule has 1 saturated heterocycles. The number of carboxylic acids is 1. The fourth-order valence-corrected chi connectivity index (χ4v) is 1.92. The van der Waals surface area contributed by atoms with E-state index in [0.717, 1.165) is 13.0 Å². The largest absolute Gasteiger partial charge is 0.481 e. The Morgan fingerprint density at radius 1 is 1.50 bits per heavy atom. The maximum absolute atomic E-state index is 11.7. The molecule has 92 valence electrons. The van der Waals surface area contributed by atoms with E-state index < -0.39 is 11.4 Å². The third kappa shape index (κ3) is 2.95. The average Bonchev–Trinajstić information content (AvgIpc) is 2.63. The van der Waals surface area contributed by atoms with Crippen LogP contribution in [0.4, 0.5) is 0 Å². The summed E-state index contributed by atoms with van der Waals surface area (Å²) in [6.07, 6.45) is 1.85. The number of hydrogen-bond acceptors (Lipinski definition) is 3. The third-order valence-corrected chi connectivity index (χ3v) is 3.16. The second kappa shape index (κ2) is 5.30. The molecule has 1 aliphatic heterocycles. The first-order chi connectivity index (χ1) is 7.49. The molecule has 1 unspecified atom stereocenters. The van der Waals surface area contributed by atoms with Crippen LogP contribution in [0.2, 0.25) is 0 Å². The van der Waals surface area contributed by atoms with E-state index in [0.29, 0.717) is 25.9 Å². The summed E-state index contributed by atoms with van der Waals surface area (Å²) >= 11 is 0. The lowest BCUT2D eigenvalue weighted by atomic mass is 9.90. The van der Waals surface area contributed by atoms with Crippen LogP contribution in [0.1, 0.15) is 26.2 Å². The predicted molar refractivity (Wildman–Crippen MR) is 60.1 cm³/mol. The van der Waals surface area contributed by atoms with Crippen LogP contribution in [-0.2, 0) is 9.59 Å². The molecule has 1 atom stereocenters. The van der Waals surface area contributed by atoms with Crippen LogP contribution in [0.3, 0.4) is 0 Å². The van der Waals surface area contributed by atoms with E-state index in [1.807, 2.05) is 7.05 Å². The van der Waals surface area contributed by atoms with Gasteiger partial charge in [0.05, 0.1) is 5.41 Å². The molecule has 1 fully saturated rings. The molecule has 0 aromatic carbocycles. The monoisotopic (exact) mass is 228 g/mol. The van der Waals surface area contributed by atoms with Gasteiger partial charge in [-0.05, 0) is 33.4 Å². The number of likely N-dealkylation sites (tertiary alicyclic amines) is 1. The molecule has 0 aliphatic carbocycles. The van der Waals surface area contributed by atoms with Crippen molar-refractivity contribution in [3.8, 4) is 0 Å². The molecule has 0 radical (unpaired) electrons. The molecule has 0 saturated carbocycles. The van der Waals surface area contributed by atoms with Gasteiger partial charge in [0, 0.05) is 19.5 Å². The predicted octanol–water partition coefficient (Wildman–Crippen LogP) is 0.309. The lowest BCUT2D eigenvalue weighted by Gasteiger charge is -2.20. The Morgan fingerprint density at radius 2 is 2.19 bits per heavy atom. The van der Waals surface area contributed by atoms with E-state index in [9.17, 15) is 9.59 Å². The van der Waals surface area contributed by atoms with Crippen molar-refractivity contribution >= 4 is 11.9 Å². The van der Waals surface area contributed by atoms with Gasteiger partial charge < -0.3 is 15.3 Å². The van der Waals surface area contributed by atoms with Gasteiger partial charge in [0.15, 0.2) is 0 Å². The van der Waals surface area contributed by atoms with Gasteiger partial charge in [0.2, 0.25) is 5.91 Å². The van der Waals surface area contributed by atoms with E-state index in [1.165, 1.54) is 0 Å². The minimum absolute atomic E-state index is 0.0697. The first kappa shape index (κ1) is 13.0. The third-order valence-electron chi connectivity index (χ3n) is 3.16. The van der Waals surface area contributed by atoms with Gasteiger partial charge in [-0.1, -0.05) is 0 Å². The van der Waals surface area contributed by atoms with Crippen molar-refractivity contribution in [1.82, 2.24) is 10.2 Å². The molecule has 1 aliphatic rings. The number of nitrogens with zero attached hydrogens (tertiary/aromatic N) is 1. The summed E-state index contributed by atoms with van der Waals surface area (Å²) in [4.78, 5) is 24.4. The smallest absolute Gasteiger partial charge is 0.311 e. The van der Waals surface area contributed by atoms with E-state index in [4.69, 9.17) is 5.11 Å². The summed E-state index contributed by atoms with van der Waals surface area (Å²) in [6.45, 7) is 3.44.